The predicted molar refractivity (Wildman–Crippen MR) is 62.7 cm³/mol. The topological polar surface area (TPSA) is 12.5 Å². The molecule has 2 bridgehead atoms. The van der Waals surface area contributed by atoms with Crippen LogP contribution in [0.5, 0.6) is 0 Å². The van der Waals surface area contributed by atoms with Gasteiger partial charge in [0, 0.05) is 13.1 Å². The van der Waals surface area contributed by atoms with Crippen LogP contribution in [0.25, 0.3) is 0 Å². The number of hydrogen-bond donors (Lipinski definition) is 0. The van der Waals surface area contributed by atoms with E-state index in [1.807, 2.05) is 0 Å². The summed E-state index contributed by atoms with van der Waals surface area (Å²) in [5, 5.41) is 0. The average Bonchev–Trinajstić information content (AvgIpc) is 2.49. The first-order valence-corrected chi connectivity index (χ1v) is 6.54. The van der Waals surface area contributed by atoms with Crippen molar-refractivity contribution in [1.29, 1.82) is 0 Å². The maximum absolute atomic E-state index is 5.74. The lowest BCUT2D eigenvalue weighted by atomic mass is 9.84. The zero-order chi connectivity index (χ0) is 10.7. The van der Waals surface area contributed by atoms with Gasteiger partial charge in [0.2, 0.25) is 0 Å². The third kappa shape index (κ3) is 3.46. The summed E-state index contributed by atoms with van der Waals surface area (Å²) in [6.07, 6.45) is 5.85. The SMILES string of the molecule is CC(C)COCN1CC2CCC(CC2)C1. The molecular formula is C13H25NO. The lowest BCUT2D eigenvalue weighted by Gasteiger charge is -2.22. The summed E-state index contributed by atoms with van der Waals surface area (Å²) in [6.45, 7) is 8.78. The molecule has 3 aliphatic rings. The molecule has 2 aliphatic heterocycles. The Bertz CT molecular complexity index is 171. The smallest absolute Gasteiger partial charge is 0.0990 e. The minimum Gasteiger partial charge on any atom is -0.366 e. The average molecular weight is 211 g/mol. The Labute approximate surface area is 94.0 Å². The van der Waals surface area contributed by atoms with E-state index in [0.717, 1.165) is 25.2 Å². The Morgan fingerprint density at radius 3 is 2.07 bits per heavy atom. The minimum atomic E-state index is 0.661. The number of nitrogens with zero attached hydrogens (tertiary/aromatic N) is 1. The molecule has 3 rings (SSSR count). The van der Waals surface area contributed by atoms with Gasteiger partial charge in [0.15, 0.2) is 0 Å². The van der Waals surface area contributed by atoms with E-state index in [-0.39, 0.29) is 0 Å². The fraction of sp³-hybridized carbons (Fsp3) is 1.00. The van der Waals surface area contributed by atoms with E-state index >= 15 is 0 Å². The van der Waals surface area contributed by atoms with Crippen LogP contribution in [0.3, 0.4) is 0 Å². The predicted octanol–water partition coefficient (Wildman–Crippen LogP) is 2.74. The highest BCUT2D eigenvalue weighted by Gasteiger charge is 2.28. The highest BCUT2D eigenvalue weighted by molar-refractivity contribution is 4.81. The molecule has 0 N–H and O–H groups in total. The van der Waals surface area contributed by atoms with Gasteiger partial charge in [-0.2, -0.15) is 0 Å². The van der Waals surface area contributed by atoms with Crippen molar-refractivity contribution < 1.29 is 4.74 Å². The van der Waals surface area contributed by atoms with Crippen LogP contribution in [-0.4, -0.2) is 31.3 Å². The summed E-state index contributed by atoms with van der Waals surface area (Å²) in [7, 11) is 0. The summed E-state index contributed by atoms with van der Waals surface area (Å²) >= 11 is 0. The molecule has 0 amide bonds. The monoisotopic (exact) mass is 211 g/mol. The first-order valence-electron chi connectivity index (χ1n) is 6.54. The number of hydrogen-bond acceptors (Lipinski definition) is 2. The first-order chi connectivity index (χ1) is 7.24. The molecule has 3 fully saturated rings. The van der Waals surface area contributed by atoms with Crippen LogP contribution in [0.4, 0.5) is 0 Å². The van der Waals surface area contributed by atoms with Crippen LogP contribution >= 0.6 is 0 Å². The van der Waals surface area contributed by atoms with Gasteiger partial charge in [0.25, 0.3) is 0 Å². The van der Waals surface area contributed by atoms with Crippen molar-refractivity contribution in [2.45, 2.75) is 39.5 Å². The molecule has 2 heteroatoms. The van der Waals surface area contributed by atoms with Crippen molar-refractivity contribution in [3.63, 3.8) is 0 Å². The second-order valence-electron chi connectivity index (χ2n) is 5.82. The zero-order valence-electron chi connectivity index (χ0n) is 10.2. The first kappa shape index (κ1) is 11.4. The van der Waals surface area contributed by atoms with E-state index < -0.39 is 0 Å². The van der Waals surface area contributed by atoms with Crippen LogP contribution < -0.4 is 0 Å². The number of rotatable bonds is 4. The van der Waals surface area contributed by atoms with Crippen molar-refractivity contribution in [1.82, 2.24) is 4.90 Å². The Hall–Kier alpha value is -0.0800. The van der Waals surface area contributed by atoms with E-state index in [2.05, 4.69) is 18.7 Å². The van der Waals surface area contributed by atoms with Crippen LogP contribution in [0, 0.1) is 17.8 Å². The molecule has 2 nitrogen and oxygen atoms in total. The highest BCUT2D eigenvalue weighted by atomic mass is 16.5. The largest absolute Gasteiger partial charge is 0.366 e. The van der Waals surface area contributed by atoms with Crippen molar-refractivity contribution in [3.05, 3.63) is 0 Å². The van der Waals surface area contributed by atoms with Crippen LogP contribution in [0.15, 0.2) is 0 Å². The Balaban J connectivity index is 1.73. The maximum Gasteiger partial charge on any atom is 0.0990 e. The highest BCUT2D eigenvalue weighted by Crippen LogP contribution is 2.33. The number of ether oxygens (including phenoxy) is 1. The fourth-order valence-electron chi connectivity index (χ4n) is 2.92. The molecule has 0 aromatic rings. The Morgan fingerprint density at radius 2 is 1.60 bits per heavy atom. The Morgan fingerprint density at radius 1 is 1.07 bits per heavy atom. The lowest BCUT2D eigenvalue weighted by molar-refractivity contribution is 0.0114. The van der Waals surface area contributed by atoms with Gasteiger partial charge in [-0.15, -0.1) is 0 Å². The second-order valence-corrected chi connectivity index (χ2v) is 5.82. The molecule has 0 radical (unpaired) electrons. The van der Waals surface area contributed by atoms with Gasteiger partial charge in [-0.05, 0) is 43.4 Å². The molecule has 0 spiro atoms. The van der Waals surface area contributed by atoms with Crippen LogP contribution in [0.2, 0.25) is 0 Å². The van der Waals surface area contributed by atoms with Crippen molar-refractivity contribution in [2.24, 2.45) is 17.8 Å². The van der Waals surface area contributed by atoms with E-state index in [1.54, 1.807) is 0 Å². The minimum absolute atomic E-state index is 0.661. The summed E-state index contributed by atoms with van der Waals surface area (Å²) < 4.78 is 5.74. The van der Waals surface area contributed by atoms with E-state index in [1.165, 1.54) is 38.8 Å². The van der Waals surface area contributed by atoms with Gasteiger partial charge >= 0.3 is 0 Å². The van der Waals surface area contributed by atoms with Gasteiger partial charge in [-0.25, -0.2) is 0 Å². The molecule has 1 saturated carbocycles. The van der Waals surface area contributed by atoms with Gasteiger partial charge in [-0.1, -0.05) is 13.8 Å². The van der Waals surface area contributed by atoms with E-state index in [4.69, 9.17) is 4.74 Å². The van der Waals surface area contributed by atoms with Gasteiger partial charge in [-0.3, -0.25) is 4.90 Å². The second kappa shape index (κ2) is 5.31. The van der Waals surface area contributed by atoms with Gasteiger partial charge < -0.3 is 4.74 Å². The molecule has 88 valence electrons. The standard InChI is InChI=1S/C13H25NO/c1-11(2)9-15-10-14-7-12-3-4-13(8-14)6-5-12/h11-13H,3-10H2,1-2H3. The molecule has 0 aromatic carbocycles. The third-order valence-electron chi connectivity index (χ3n) is 3.72. The van der Waals surface area contributed by atoms with Crippen molar-refractivity contribution in [2.75, 3.05) is 26.4 Å². The summed E-state index contributed by atoms with van der Waals surface area (Å²) in [5.41, 5.74) is 0. The van der Waals surface area contributed by atoms with Crippen molar-refractivity contribution >= 4 is 0 Å². The van der Waals surface area contributed by atoms with E-state index in [0.29, 0.717) is 5.92 Å². The van der Waals surface area contributed by atoms with Crippen molar-refractivity contribution in [3.8, 4) is 0 Å². The third-order valence-corrected chi connectivity index (χ3v) is 3.72. The molecule has 0 aromatic heterocycles. The molecule has 2 saturated heterocycles. The normalized spacial score (nSPS) is 32.2. The maximum atomic E-state index is 5.74. The van der Waals surface area contributed by atoms with Gasteiger partial charge in [0.05, 0.1) is 13.3 Å². The molecule has 0 atom stereocenters. The molecule has 2 heterocycles. The number of fused-ring (bicyclic) bond motifs is 4. The quantitative estimate of drug-likeness (QED) is 0.709. The molecule has 0 unspecified atom stereocenters. The Kier molecular flexibility index (Phi) is 4.04. The van der Waals surface area contributed by atoms with Crippen LogP contribution in [-0.2, 0) is 4.74 Å². The van der Waals surface area contributed by atoms with E-state index in [9.17, 15) is 0 Å². The summed E-state index contributed by atoms with van der Waals surface area (Å²) in [5.74, 6) is 2.59. The molecule has 1 aliphatic carbocycles. The summed E-state index contributed by atoms with van der Waals surface area (Å²) in [4.78, 5) is 2.54. The fourth-order valence-corrected chi connectivity index (χ4v) is 2.92. The van der Waals surface area contributed by atoms with Crippen LogP contribution in [0.1, 0.15) is 39.5 Å². The summed E-state index contributed by atoms with van der Waals surface area (Å²) in [6, 6.07) is 0. The lowest BCUT2D eigenvalue weighted by Crippen LogP contribution is -2.31. The molecular weight excluding hydrogens is 186 g/mol. The molecule has 15 heavy (non-hydrogen) atoms. The zero-order valence-corrected chi connectivity index (χ0v) is 10.2. The van der Waals surface area contributed by atoms with Gasteiger partial charge in [0.1, 0.15) is 0 Å².